The Kier molecular flexibility index (Phi) is 3.00. The van der Waals surface area contributed by atoms with Gasteiger partial charge in [0, 0.05) is 23.5 Å². The van der Waals surface area contributed by atoms with Crippen molar-refractivity contribution < 1.29 is 9.18 Å². The zero-order chi connectivity index (χ0) is 12.4. The van der Waals surface area contributed by atoms with Gasteiger partial charge in [0.15, 0.2) is 5.78 Å². The quantitative estimate of drug-likeness (QED) is 0.741. The molecule has 2 aromatic rings. The smallest absolute Gasteiger partial charge is 0.193 e. The van der Waals surface area contributed by atoms with E-state index in [0.29, 0.717) is 11.1 Å². The lowest BCUT2D eigenvalue weighted by molar-refractivity contribution is 0.103. The number of aryl methyl sites for hydroxylation is 2. The Morgan fingerprint density at radius 1 is 1.12 bits per heavy atom. The van der Waals surface area contributed by atoms with Gasteiger partial charge in [0.2, 0.25) is 0 Å². The van der Waals surface area contributed by atoms with E-state index in [9.17, 15) is 9.18 Å². The van der Waals surface area contributed by atoms with Gasteiger partial charge in [-0.1, -0.05) is 6.07 Å². The lowest BCUT2D eigenvalue weighted by Gasteiger charge is -2.07. The van der Waals surface area contributed by atoms with Gasteiger partial charge in [-0.25, -0.2) is 4.39 Å². The van der Waals surface area contributed by atoms with Crippen LogP contribution in [-0.2, 0) is 0 Å². The number of nitrogens with zero attached hydrogens (tertiary/aromatic N) is 1. The molecule has 17 heavy (non-hydrogen) atoms. The van der Waals surface area contributed by atoms with Gasteiger partial charge in [-0.2, -0.15) is 0 Å². The van der Waals surface area contributed by atoms with Crippen molar-refractivity contribution in [3.63, 3.8) is 0 Å². The first-order valence-corrected chi connectivity index (χ1v) is 5.31. The Hall–Kier alpha value is -2.03. The third-order valence-corrected chi connectivity index (χ3v) is 2.71. The number of ketones is 1. The van der Waals surface area contributed by atoms with Gasteiger partial charge in [0.05, 0.1) is 0 Å². The largest absolute Gasteiger partial charge is 0.289 e. The molecule has 0 fully saturated rings. The third kappa shape index (κ3) is 2.23. The Morgan fingerprint density at radius 3 is 2.59 bits per heavy atom. The van der Waals surface area contributed by atoms with Crippen LogP contribution in [0.3, 0.4) is 0 Å². The SMILES string of the molecule is Cc1cnccc1C(=O)c1cc(F)ccc1C. The zero-order valence-electron chi connectivity index (χ0n) is 9.70. The van der Waals surface area contributed by atoms with Gasteiger partial charge in [0.1, 0.15) is 5.82 Å². The van der Waals surface area contributed by atoms with E-state index in [1.807, 2.05) is 6.92 Å². The molecular formula is C14H12FNO. The molecule has 0 amide bonds. The Bertz CT molecular complexity index is 578. The van der Waals surface area contributed by atoms with E-state index in [0.717, 1.165) is 11.1 Å². The topological polar surface area (TPSA) is 30.0 Å². The van der Waals surface area contributed by atoms with Gasteiger partial charge in [0.25, 0.3) is 0 Å². The van der Waals surface area contributed by atoms with Crippen molar-refractivity contribution in [2.75, 3.05) is 0 Å². The highest BCUT2D eigenvalue weighted by molar-refractivity contribution is 6.10. The summed E-state index contributed by atoms with van der Waals surface area (Å²) in [6.07, 6.45) is 3.19. The highest BCUT2D eigenvalue weighted by Crippen LogP contribution is 2.17. The van der Waals surface area contributed by atoms with Gasteiger partial charge < -0.3 is 0 Å². The Balaban J connectivity index is 2.51. The Morgan fingerprint density at radius 2 is 1.88 bits per heavy atom. The first-order chi connectivity index (χ1) is 8.09. The second-order valence-corrected chi connectivity index (χ2v) is 3.98. The molecule has 0 aliphatic rings. The van der Waals surface area contributed by atoms with Crippen LogP contribution in [0, 0.1) is 19.7 Å². The summed E-state index contributed by atoms with van der Waals surface area (Å²) in [7, 11) is 0. The maximum Gasteiger partial charge on any atom is 0.193 e. The Labute approximate surface area is 99.1 Å². The number of hydrogen-bond acceptors (Lipinski definition) is 2. The monoisotopic (exact) mass is 229 g/mol. The summed E-state index contributed by atoms with van der Waals surface area (Å²) in [6, 6.07) is 5.89. The predicted molar refractivity (Wildman–Crippen MR) is 63.5 cm³/mol. The highest BCUT2D eigenvalue weighted by atomic mass is 19.1. The second kappa shape index (κ2) is 4.45. The molecule has 0 atom stereocenters. The average Bonchev–Trinajstić information content (AvgIpc) is 2.32. The van der Waals surface area contributed by atoms with Crippen LogP contribution < -0.4 is 0 Å². The number of hydrogen-bond donors (Lipinski definition) is 0. The summed E-state index contributed by atoms with van der Waals surface area (Å²) in [4.78, 5) is 16.2. The van der Waals surface area contributed by atoms with Crippen molar-refractivity contribution in [3.05, 3.63) is 64.7 Å². The molecule has 0 unspecified atom stereocenters. The summed E-state index contributed by atoms with van der Waals surface area (Å²) in [5.74, 6) is -0.562. The van der Waals surface area contributed by atoms with Crippen LogP contribution >= 0.6 is 0 Å². The van der Waals surface area contributed by atoms with Crippen LogP contribution in [0.25, 0.3) is 0 Å². The molecule has 0 bridgehead atoms. The van der Waals surface area contributed by atoms with E-state index in [1.165, 1.54) is 12.1 Å². The fraction of sp³-hybridized carbons (Fsp3) is 0.143. The molecule has 0 saturated carbocycles. The standard InChI is InChI=1S/C14H12FNO/c1-9-3-4-11(15)7-13(9)14(17)12-5-6-16-8-10(12)2/h3-8H,1-2H3. The van der Waals surface area contributed by atoms with E-state index in [2.05, 4.69) is 4.98 Å². The van der Waals surface area contributed by atoms with Crippen molar-refractivity contribution in [1.29, 1.82) is 0 Å². The lowest BCUT2D eigenvalue weighted by atomic mass is 9.97. The summed E-state index contributed by atoms with van der Waals surface area (Å²) < 4.78 is 13.2. The molecule has 2 rings (SSSR count). The third-order valence-electron chi connectivity index (χ3n) is 2.71. The summed E-state index contributed by atoms with van der Waals surface area (Å²) >= 11 is 0. The fourth-order valence-corrected chi connectivity index (χ4v) is 1.71. The normalized spacial score (nSPS) is 10.3. The number of halogens is 1. The molecule has 0 saturated heterocycles. The van der Waals surface area contributed by atoms with Crippen molar-refractivity contribution in [2.45, 2.75) is 13.8 Å². The van der Waals surface area contributed by atoms with Crippen LogP contribution in [0.15, 0.2) is 36.7 Å². The average molecular weight is 229 g/mol. The van der Waals surface area contributed by atoms with Crippen molar-refractivity contribution in [1.82, 2.24) is 4.98 Å². The van der Waals surface area contributed by atoms with Crippen molar-refractivity contribution in [2.24, 2.45) is 0 Å². The van der Waals surface area contributed by atoms with Gasteiger partial charge >= 0.3 is 0 Å². The fourth-order valence-electron chi connectivity index (χ4n) is 1.71. The van der Waals surface area contributed by atoms with E-state index < -0.39 is 5.82 Å². The molecule has 0 spiro atoms. The minimum absolute atomic E-state index is 0.165. The van der Waals surface area contributed by atoms with Crippen LogP contribution in [0.4, 0.5) is 4.39 Å². The number of carbonyl (C=O) groups excluding carboxylic acids is 1. The van der Waals surface area contributed by atoms with Crippen LogP contribution in [0.1, 0.15) is 27.0 Å². The van der Waals surface area contributed by atoms with Gasteiger partial charge in [-0.3, -0.25) is 9.78 Å². The van der Waals surface area contributed by atoms with Crippen LogP contribution in [-0.4, -0.2) is 10.8 Å². The molecule has 86 valence electrons. The molecular weight excluding hydrogens is 217 g/mol. The van der Waals surface area contributed by atoms with E-state index in [-0.39, 0.29) is 5.78 Å². The minimum Gasteiger partial charge on any atom is -0.289 e. The van der Waals surface area contributed by atoms with E-state index >= 15 is 0 Å². The number of benzene rings is 1. The summed E-state index contributed by atoms with van der Waals surface area (Å²) in [5, 5.41) is 0. The zero-order valence-corrected chi connectivity index (χ0v) is 9.70. The van der Waals surface area contributed by atoms with Crippen molar-refractivity contribution >= 4 is 5.78 Å². The molecule has 0 aliphatic heterocycles. The molecule has 1 aromatic heterocycles. The second-order valence-electron chi connectivity index (χ2n) is 3.98. The van der Waals surface area contributed by atoms with E-state index in [4.69, 9.17) is 0 Å². The predicted octanol–water partition coefficient (Wildman–Crippen LogP) is 3.07. The van der Waals surface area contributed by atoms with Gasteiger partial charge in [-0.15, -0.1) is 0 Å². The minimum atomic E-state index is -0.398. The lowest BCUT2D eigenvalue weighted by Crippen LogP contribution is -2.06. The first kappa shape index (κ1) is 11.5. The number of rotatable bonds is 2. The van der Waals surface area contributed by atoms with Crippen LogP contribution in [0.2, 0.25) is 0 Å². The van der Waals surface area contributed by atoms with Crippen molar-refractivity contribution in [3.8, 4) is 0 Å². The van der Waals surface area contributed by atoms with Gasteiger partial charge in [-0.05, 0) is 43.2 Å². The molecule has 0 N–H and O–H groups in total. The number of aromatic nitrogens is 1. The maximum atomic E-state index is 13.2. The summed E-state index contributed by atoms with van der Waals surface area (Å²) in [5.41, 5.74) is 2.53. The molecule has 2 nitrogen and oxygen atoms in total. The first-order valence-electron chi connectivity index (χ1n) is 5.31. The highest BCUT2D eigenvalue weighted by Gasteiger charge is 2.14. The molecule has 0 aliphatic carbocycles. The summed E-state index contributed by atoms with van der Waals surface area (Å²) in [6.45, 7) is 3.61. The number of carbonyl (C=O) groups is 1. The maximum absolute atomic E-state index is 13.2. The van der Waals surface area contributed by atoms with Crippen LogP contribution in [0.5, 0.6) is 0 Å². The molecule has 1 heterocycles. The van der Waals surface area contributed by atoms with E-state index in [1.54, 1.807) is 31.5 Å². The molecule has 3 heteroatoms. The number of pyridine rings is 1. The molecule has 0 radical (unpaired) electrons. The molecule has 1 aromatic carbocycles.